The Morgan fingerprint density at radius 3 is 2.55 bits per heavy atom. The van der Waals surface area contributed by atoms with Gasteiger partial charge in [0.1, 0.15) is 5.75 Å². The minimum Gasteiger partial charge on any atom is -0.497 e. The van der Waals surface area contributed by atoms with Crippen molar-refractivity contribution in [1.29, 1.82) is 0 Å². The Hall–Kier alpha value is -1.55. The SMILES string of the molecule is COc1ccc(CN2C[C@@H](C(=O)O)C3(CCCCC3)C2)cc1. The van der Waals surface area contributed by atoms with E-state index in [4.69, 9.17) is 4.74 Å². The molecule has 1 aromatic rings. The Morgan fingerprint density at radius 2 is 1.95 bits per heavy atom. The summed E-state index contributed by atoms with van der Waals surface area (Å²) in [6.07, 6.45) is 5.76. The van der Waals surface area contributed by atoms with Crippen LogP contribution in [0.4, 0.5) is 0 Å². The monoisotopic (exact) mass is 303 g/mol. The third-order valence-corrected chi connectivity index (χ3v) is 5.43. The minimum atomic E-state index is -0.612. The van der Waals surface area contributed by atoms with Crippen LogP contribution in [0.5, 0.6) is 5.75 Å². The van der Waals surface area contributed by atoms with Gasteiger partial charge in [0.2, 0.25) is 0 Å². The van der Waals surface area contributed by atoms with Crippen LogP contribution in [0.15, 0.2) is 24.3 Å². The number of nitrogens with zero attached hydrogens (tertiary/aromatic N) is 1. The first-order valence-electron chi connectivity index (χ1n) is 8.21. The van der Waals surface area contributed by atoms with E-state index in [9.17, 15) is 9.90 Å². The van der Waals surface area contributed by atoms with Crippen LogP contribution in [-0.4, -0.2) is 36.2 Å². The molecule has 4 heteroatoms. The molecule has 1 aliphatic carbocycles. The third-order valence-electron chi connectivity index (χ3n) is 5.43. The van der Waals surface area contributed by atoms with Crippen molar-refractivity contribution >= 4 is 5.97 Å². The van der Waals surface area contributed by atoms with Gasteiger partial charge in [-0.15, -0.1) is 0 Å². The number of methoxy groups -OCH3 is 1. The Balaban J connectivity index is 1.71. The van der Waals surface area contributed by atoms with Crippen molar-refractivity contribution in [1.82, 2.24) is 4.90 Å². The van der Waals surface area contributed by atoms with Gasteiger partial charge in [-0.2, -0.15) is 0 Å². The number of carboxylic acid groups (broad SMARTS) is 1. The fourth-order valence-electron chi connectivity index (χ4n) is 4.28. The van der Waals surface area contributed by atoms with Crippen LogP contribution >= 0.6 is 0 Å². The number of hydrogen-bond acceptors (Lipinski definition) is 3. The lowest BCUT2D eigenvalue weighted by atomic mass is 9.68. The number of hydrogen-bond donors (Lipinski definition) is 1. The van der Waals surface area contributed by atoms with Crippen LogP contribution in [0.25, 0.3) is 0 Å². The quantitative estimate of drug-likeness (QED) is 0.928. The third kappa shape index (κ3) is 2.98. The van der Waals surface area contributed by atoms with Gasteiger partial charge in [0.15, 0.2) is 0 Å². The maximum Gasteiger partial charge on any atom is 0.308 e. The van der Waals surface area contributed by atoms with Crippen molar-refractivity contribution in [2.75, 3.05) is 20.2 Å². The molecule has 0 radical (unpaired) electrons. The predicted octanol–water partition coefficient (Wildman–Crippen LogP) is 3.16. The van der Waals surface area contributed by atoms with Gasteiger partial charge in [-0.05, 0) is 36.0 Å². The molecule has 2 aliphatic rings. The van der Waals surface area contributed by atoms with E-state index in [-0.39, 0.29) is 11.3 Å². The number of likely N-dealkylation sites (tertiary alicyclic amines) is 1. The first-order valence-corrected chi connectivity index (χ1v) is 8.21. The van der Waals surface area contributed by atoms with E-state index < -0.39 is 5.97 Å². The highest BCUT2D eigenvalue weighted by atomic mass is 16.5. The lowest BCUT2D eigenvalue weighted by molar-refractivity contribution is -0.145. The zero-order valence-electron chi connectivity index (χ0n) is 13.3. The second-order valence-electron chi connectivity index (χ2n) is 6.83. The van der Waals surface area contributed by atoms with E-state index in [1.165, 1.54) is 24.8 Å². The molecule has 1 aliphatic heterocycles. The van der Waals surface area contributed by atoms with E-state index in [0.29, 0.717) is 6.54 Å². The molecule has 0 bridgehead atoms. The minimum absolute atomic E-state index is 0.0105. The molecule has 22 heavy (non-hydrogen) atoms. The first-order chi connectivity index (χ1) is 10.6. The Morgan fingerprint density at radius 1 is 1.27 bits per heavy atom. The fourth-order valence-corrected chi connectivity index (χ4v) is 4.28. The topological polar surface area (TPSA) is 49.8 Å². The van der Waals surface area contributed by atoms with Crippen molar-refractivity contribution in [3.8, 4) is 5.75 Å². The summed E-state index contributed by atoms with van der Waals surface area (Å²) in [5.41, 5.74) is 1.23. The van der Waals surface area contributed by atoms with Crippen LogP contribution < -0.4 is 4.74 Å². The average molecular weight is 303 g/mol. The molecule has 1 N–H and O–H groups in total. The van der Waals surface area contributed by atoms with E-state index in [1.54, 1.807) is 7.11 Å². The van der Waals surface area contributed by atoms with Gasteiger partial charge >= 0.3 is 5.97 Å². The largest absolute Gasteiger partial charge is 0.497 e. The molecule has 4 nitrogen and oxygen atoms in total. The van der Waals surface area contributed by atoms with Crippen molar-refractivity contribution in [2.45, 2.75) is 38.6 Å². The number of aliphatic carboxylic acids is 1. The van der Waals surface area contributed by atoms with Crippen LogP contribution in [0.2, 0.25) is 0 Å². The molecule has 1 spiro atoms. The first kappa shape index (κ1) is 15.3. The zero-order valence-corrected chi connectivity index (χ0v) is 13.3. The Kier molecular flexibility index (Phi) is 4.39. The van der Waals surface area contributed by atoms with E-state index in [2.05, 4.69) is 17.0 Å². The summed E-state index contributed by atoms with van der Waals surface area (Å²) in [5.74, 6) is 0.0440. The van der Waals surface area contributed by atoms with Crippen LogP contribution in [0.1, 0.15) is 37.7 Å². The van der Waals surface area contributed by atoms with Gasteiger partial charge in [-0.25, -0.2) is 0 Å². The van der Waals surface area contributed by atoms with Gasteiger partial charge in [0, 0.05) is 19.6 Å². The normalized spacial score (nSPS) is 24.5. The molecule has 3 rings (SSSR count). The molecular weight excluding hydrogens is 278 g/mol. The van der Waals surface area contributed by atoms with Gasteiger partial charge in [0.05, 0.1) is 13.0 Å². The second-order valence-corrected chi connectivity index (χ2v) is 6.83. The Bertz CT molecular complexity index is 520. The number of carbonyl (C=O) groups is 1. The summed E-state index contributed by atoms with van der Waals surface area (Å²) < 4.78 is 5.19. The molecular formula is C18H25NO3. The van der Waals surface area contributed by atoms with Gasteiger partial charge in [0.25, 0.3) is 0 Å². The molecule has 1 atom stereocenters. The summed E-state index contributed by atoms with van der Waals surface area (Å²) in [6, 6.07) is 8.08. The van der Waals surface area contributed by atoms with Crippen LogP contribution in [0, 0.1) is 11.3 Å². The van der Waals surface area contributed by atoms with Crippen molar-refractivity contribution in [3.63, 3.8) is 0 Å². The average Bonchev–Trinajstić information content (AvgIpc) is 2.86. The summed E-state index contributed by atoms with van der Waals surface area (Å²) in [7, 11) is 1.67. The summed E-state index contributed by atoms with van der Waals surface area (Å²) in [5, 5.41) is 9.64. The highest BCUT2D eigenvalue weighted by molar-refractivity contribution is 5.72. The molecule has 1 heterocycles. The zero-order chi connectivity index (χ0) is 15.6. The van der Waals surface area contributed by atoms with Crippen LogP contribution in [0.3, 0.4) is 0 Å². The van der Waals surface area contributed by atoms with E-state index in [0.717, 1.165) is 31.7 Å². The summed E-state index contributed by atoms with van der Waals surface area (Å²) in [4.78, 5) is 14.0. The summed E-state index contributed by atoms with van der Waals surface area (Å²) >= 11 is 0. The fraction of sp³-hybridized carbons (Fsp3) is 0.611. The molecule has 120 valence electrons. The maximum atomic E-state index is 11.7. The van der Waals surface area contributed by atoms with Crippen molar-refractivity contribution < 1.29 is 14.6 Å². The van der Waals surface area contributed by atoms with Crippen LogP contribution in [-0.2, 0) is 11.3 Å². The molecule has 0 aromatic heterocycles. The molecule has 1 aromatic carbocycles. The smallest absolute Gasteiger partial charge is 0.308 e. The number of rotatable bonds is 4. The highest BCUT2D eigenvalue weighted by Crippen LogP contribution is 2.47. The molecule has 0 unspecified atom stereocenters. The number of carboxylic acids is 1. The van der Waals surface area contributed by atoms with Gasteiger partial charge in [-0.3, -0.25) is 9.69 Å². The summed E-state index contributed by atoms with van der Waals surface area (Å²) in [6.45, 7) is 2.44. The molecule has 1 saturated carbocycles. The second kappa shape index (κ2) is 6.29. The standard InChI is InChI=1S/C18H25NO3/c1-22-15-7-5-14(6-8-15)11-19-12-16(17(20)21)18(13-19)9-3-2-4-10-18/h5-8,16H,2-4,9-13H2,1H3,(H,20,21)/t16-/m0/s1. The maximum absolute atomic E-state index is 11.7. The van der Waals surface area contributed by atoms with E-state index in [1.807, 2.05) is 12.1 Å². The Labute approximate surface area is 132 Å². The van der Waals surface area contributed by atoms with Gasteiger partial charge in [-0.1, -0.05) is 31.4 Å². The lowest BCUT2D eigenvalue weighted by Crippen LogP contribution is -2.36. The molecule has 2 fully saturated rings. The molecule has 0 amide bonds. The number of ether oxygens (including phenoxy) is 1. The number of benzene rings is 1. The van der Waals surface area contributed by atoms with E-state index >= 15 is 0 Å². The van der Waals surface area contributed by atoms with Crippen molar-refractivity contribution in [3.05, 3.63) is 29.8 Å². The predicted molar refractivity (Wildman–Crippen MR) is 84.9 cm³/mol. The van der Waals surface area contributed by atoms with Gasteiger partial charge < -0.3 is 9.84 Å². The van der Waals surface area contributed by atoms with Crippen molar-refractivity contribution in [2.24, 2.45) is 11.3 Å². The lowest BCUT2D eigenvalue weighted by Gasteiger charge is -2.36. The molecule has 1 saturated heterocycles. The highest BCUT2D eigenvalue weighted by Gasteiger charge is 2.50.